The Morgan fingerprint density at radius 1 is 0.366 bits per heavy atom. The monoisotopic (exact) mass is 1850 g/mol. The van der Waals surface area contributed by atoms with Crippen molar-refractivity contribution in [3.05, 3.63) is 365 Å². The number of anilines is 3. The lowest BCUT2D eigenvalue weighted by Crippen LogP contribution is -2.47. The maximum Gasteiger partial charge on any atom is 0.269 e. The van der Waals surface area contributed by atoms with Gasteiger partial charge in [-0.3, -0.25) is 68.3 Å². The highest BCUT2D eigenvalue weighted by molar-refractivity contribution is 7.92. The van der Waals surface area contributed by atoms with Crippen molar-refractivity contribution in [2.24, 2.45) is 0 Å². The molecular formula is C108H136N16O8S2. The third-order valence-corrected chi connectivity index (χ3v) is 27.1. The predicted molar refractivity (Wildman–Crippen MR) is 544 cm³/mol. The van der Waals surface area contributed by atoms with Crippen molar-refractivity contribution >= 4 is 67.7 Å². The summed E-state index contributed by atoms with van der Waals surface area (Å²) < 4.78 is 26.4. The second-order valence-electron chi connectivity index (χ2n) is 34.5. The number of benzene rings is 10. The minimum absolute atomic E-state index is 0.0237. The summed E-state index contributed by atoms with van der Waals surface area (Å²) in [7, 11) is -3.39. The van der Waals surface area contributed by atoms with Crippen molar-refractivity contribution in [2.45, 2.75) is 99.2 Å². The molecule has 4 unspecified atom stereocenters. The van der Waals surface area contributed by atoms with Crippen LogP contribution < -0.4 is 21.5 Å². The maximum absolute atomic E-state index is 12.9. The van der Waals surface area contributed by atoms with Gasteiger partial charge in [0, 0.05) is 228 Å². The van der Waals surface area contributed by atoms with Gasteiger partial charge in [-0.2, -0.15) is 11.3 Å². The smallest absolute Gasteiger partial charge is 0.269 e. The van der Waals surface area contributed by atoms with E-state index in [4.69, 9.17) is 11.5 Å². The Morgan fingerprint density at radius 3 is 0.963 bits per heavy atom. The largest absolute Gasteiger partial charge is 0.399 e. The Bertz CT molecular complexity index is 5600. The van der Waals surface area contributed by atoms with Gasteiger partial charge in [-0.1, -0.05) is 158 Å². The number of rotatable bonds is 33. The number of thiophene rings is 1. The van der Waals surface area contributed by atoms with Crippen LogP contribution in [-0.2, 0) is 29.7 Å². The minimum atomic E-state index is -3.39. The third kappa shape index (κ3) is 28.2. The Hall–Kier alpha value is -11.8. The molecule has 11 aromatic rings. The number of nitro benzene ring substituents is 1. The molecule has 0 bridgehead atoms. The predicted octanol–water partition coefficient (Wildman–Crippen LogP) is 16.9. The van der Waals surface area contributed by atoms with Crippen molar-refractivity contribution in [1.82, 2.24) is 59.2 Å². The Morgan fingerprint density at radius 2 is 0.664 bits per heavy atom. The van der Waals surface area contributed by atoms with Crippen molar-refractivity contribution in [1.29, 1.82) is 0 Å². The van der Waals surface area contributed by atoms with E-state index in [9.17, 15) is 37.7 Å². The average molecular weight is 1850 g/mol. The summed E-state index contributed by atoms with van der Waals surface area (Å²) in [5.41, 5.74) is 30.2. The van der Waals surface area contributed by atoms with Gasteiger partial charge in [0.05, 0.1) is 35.3 Å². The SMILES string of the molecule is CCN(CC)C(=O)c1ccc(C(c2cccc(N)c2)N2CCN(Cc3ccccc3)CC2)cc1.CCN(CC)C(=O)c1ccc(C(c2cccc(N)c2)N2CCN(Cc3ccsc3)CC2)cc1.CCN(CC)C(=O)c1ccc(C(c2cccc(NS(C)(=O)=O)c2)N2CCN(Cc3ccccc3)CC2)cc1.CCN(CC)C(=O)c1ccc(C(c2cccc([N+](=O)[O-])c2)N2CCNCC2)cc1. The van der Waals surface area contributed by atoms with Crippen LogP contribution in [0.15, 0.2) is 272 Å². The number of carbonyl (C=O) groups excluding carboxylic acids is 4. The molecule has 6 N–H and O–H groups in total. The molecule has 1 aromatic heterocycles. The molecule has 24 nitrogen and oxygen atoms in total. The van der Waals surface area contributed by atoms with E-state index < -0.39 is 10.0 Å². The van der Waals surface area contributed by atoms with E-state index in [1.165, 1.54) is 45.0 Å². The maximum atomic E-state index is 12.9. The quantitative estimate of drug-likeness (QED) is 0.0169. The van der Waals surface area contributed by atoms with Gasteiger partial charge in [0.25, 0.3) is 29.3 Å². The van der Waals surface area contributed by atoms with Crippen molar-refractivity contribution < 1.29 is 32.5 Å². The third-order valence-electron chi connectivity index (χ3n) is 25.8. The van der Waals surface area contributed by atoms with Crippen LogP contribution in [0.5, 0.6) is 0 Å². The average Bonchev–Trinajstić information content (AvgIpc) is 0.818. The summed E-state index contributed by atoms with van der Waals surface area (Å²) in [6.07, 6.45) is 1.16. The molecule has 4 atom stereocenters. The molecular weight excluding hydrogens is 1710 g/mol. The molecule has 0 saturated carbocycles. The summed E-state index contributed by atoms with van der Waals surface area (Å²) in [6.45, 7) is 39.6. The minimum Gasteiger partial charge on any atom is -0.399 e. The first kappa shape index (κ1) is 101. The van der Waals surface area contributed by atoms with E-state index >= 15 is 0 Å². The van der Waals surface area contributed by atoms with E-state index in [1.54, 1.807) is 34.4 Å². The fraction of sp³-hybridized carbons (Fsp3) is 0.370. The van der Waals surface area contributed by atoms with E-state index in [0.29, 0.717) is 43.0 Å². The van der Waals surface area contributed by atoms with Gasteiger partial charge in [-0.05, 0) is 218 Å². The second-order valence-corrected chi connectivity index (χ2v) is 37.1. The normalized spacial score (nSPS) is 15.7. The second kappa shape index (κ2) is 50.5. The molecule has 26 heteroatoms. The molecule has 0 radical (unpaired) electrons. The van der Waals surface area contributed by atoms with Crippen molar-refractivity contribution in [2.75, 3.05) is 180 Å². The first-order valence-electron chi connectivity index (χ1n) is 47.5. The Balaban J connectivity index is 0.000000162. The summed E-state index contributed by atoms with van der Waals surface area (Å²) in [4.78, 5) is 86.6. The molecule has 15 rings (SSSR count). The summed E-state index contributed by atoms with van der Waals surface area (Å²) >= 11 is 1.76. The number of amides is 4. The Labute approximate surface area is 798 Å². The molecule has 4 aliphatic rings. The zero-order chi connectivity index (χ0) is 95.0. The summed E-state index contributed by atoms with van der Waals surface area (Å²) in [6, 6.07) is 86.3. The molecule has 0 spiro atoms. The highest BCUT2D eigenvalue weighted by Gasteiger charge is 2.33. The lowest BCUT2D eigenvalue weighted by atomic mass is 9.95. The van der Waals surface area contributed by atoms with Gasteiger partial charge < -0.3 is 36.4 Å². The van der Waals surface area contributed by atoms with Crippen LogP contribution in [0.4, 0.5) is 22.7 Å². The summed E-state index contributed by atoms with van der Waals surface area (Å²) in [5, 5.41) is 19.0. The Kier molecular flexibility index (Phi) is 38.1. The fourth-order valence-corrected chi connectivity index (χ4v) is 19.7. The molecule has 10 aromatic carbocycles. The van der Waals surface area contributed by atoms with Gasteiger partial charge in [-0.15, -0.1) is 0 Å². The van der Waals surface area contributed by atoms with Gasteiger partial charge in [-0.25, -0.2) is 8.42 Å². The van der Waals surface area contributed by atoms with Gasteiger partial charge in [0.15, 0.2) is 0 Å². The van der Waals surface area contributed by atoms with Crippen LogP contribution in [0.3, 0.4) is 0 Å². The van der Waals surface area contributed by atoms with Crippen LogP contribution in [0.2, 0.25) is 0 Å². The summed E-state index contributed by atoms with van der Waals surface area (Å²) in [5.74, 6) is 0.239. The molecule has 4 fully saturated rings. The van der Waals surface area contributed by atoms with Crippen molar-refractivity contribution in [3.63, 3.8) is 0 Å². The molecule has 0 aliphatic carbocycles. The number of carbonyl (C=O) groups is 4. The van der Waals surface area contributed by atoms with Crippen LogP contribution in [0.25, 0.3) is 0 Å². The highest BCUT2D eigenvalue weighted by Crippen LogP contribution is 2.38. The number of nitrogen functional groups attached to an aromatic ring is 2. The van der Waals surface area contributed by atoms with Crippen LogP contribution in [-0.4, -0.2) is 254 Å². The molecule has 134 heavy (non-hydrogen) atoms. The topological polar surface area (TPSA) is 257 Å². The molecule has 708 valence electrons. The highest BCUT2D eigenvalue weighted by atomic mass is 32.2. The number of nitrogens with two attached hydrogens (primary N) is 2. The van der Waals surface area contributed by atoms with Crippen molar-refractivity contribution in [3.8, 4) is 0 Å². The zero-order valence-corrected chi connectivity index (χ0v) is 81.1. The first-order valence-corrected chi connectivity index (χ1v) is 50.4. The van der Waals surface area contributed by atoms with E-state index in [0.717, 1.165) is 202 Å². The number of hydrogen-bond donors (Lipinski definition) is 4. The van der Waals surface area contributed by atoms with E-state index in [1.807, 2.05) is 197 Å². The molecule has 4 amide bonds. The van der Waals surface area contributed by atoms with Gasteiger partial charge >= 0.3 is 0 Å². The zero-order valence-electron chi connectivity index (χ0n) is 79.5. The molecule has 4 aliphatic heterocycles. The number of nitrogens with zero attached hydrogens (tertiary/aromatic N) is 12. The number of nitro groups is 1. The first-order chi connectivity index (χ1) is 65.0. The van der Waals surface area contributed by atoms with Gasteiger partial charge in [0.1, 0.15) is 0 Å². The van der Waals surface area contributed by atoms with E-state index in [-0.39, 0.29) is 58.4 Å². The lowest BCUT2D eigenvalue weighted by molar-refractivity contribution is -0.384. The van der Waals surface area contributed by atoms with Crippen LogP contribution >= 0.6 is 11.3 Å². The molecule has 5 heterocycles. The fourth-order valence-electron chi connectivity index (χ4n) is 18.5. The van der Waals surface area contributed by atoms with Gasteiger partial charge in [0.2, 0.25) is 10.0 Å². The number of hydrogen-bond acceptors (Lipinski definition) is 19. The number of sulfonamides is 1. The van der Waals surface area contributed by atoms with Crippen LogP contribution in [0.1, 0.15) is 182 Å². The van der Waals surface area contributed by atoms with Crippen LogP contribution in [0, 0.1) is 10.1 Å². The van der Waals surface area contributed by atoms with E-state index in [2.05, 4.69) is 164 Å². The lowest BCUT2D eigenvalue weighted by Gasteiger charge is -2.40. The number of piperazine rings is 4. The number of nitrogens with one attached hydrogen (secondary N) is 2. The molecule has 4 saturated heterocycles. The standard InChI is InChI=1S/C30H38N4O3S.C29H36N4O.C27H34N4OS.C22H28N4O3/c1-4-33(5-2)30(35)26-16-14-25(15-17-26)29(27-12-9-13-28(22-27)31-38(3,36)37)34-20-18-32(19-21-34)23-24-10-7-6-8-11-24;1-3-32(4-2)29(34)25-15-13-24(14-16-25)28(26-11-8-12-27(30)21-26)33-19-17-31(18-20-33)22-23-9-6-5-7-10-23;1-3-30(4-2)27(32)23-10-8-22(9-11-23)26(24-6-5-7-25(28)18-24)31-15-13-29(14-16-31)19-21-12-17-33-20-21;1-3-24(4-2)22(27)18-10-8-17(9-11-18)21(25-14-12-23-13-15-25)19-6-5-7-20(16-19)26(28)29/h6-17,22,29,31H,4-5,18-21,23H2,1-3H3;5-16,21,28H,3-4,17-20,22,30H2,1-2H3;5-12,17-18,20,26H,3-4,13-16,19,28H2,1-2H3;5-11,16,21,23H,3-4,12-15H2,1-2H3. The number of non-ortho nitro benzene ring substituents is 1.